The lowest BCUT2D eigenvalue weighted by molar-refractivity contribution is -0.130. The number of nitrogens with zero attached hydrogens (tertiary/aromatic N) is 5. The number of carbonyl (C=O) groups is 1. The summed E-state index contributed by atoms with van der Waals surface area (Å²) in [5.74, 6) is 0.873. The molecule has 1 saturated heterocycles. The number of carbonyl (C=O) groups excluding carboxylic acids is 1. The van der Waals surface area contributed by atoms with E-state index in [1.807, 2.05) is 25.1 Å². The molecule has 0 saturated carbocycles. The van der Waals surface area contributed by atoms with Gasteiger partial charge < -0.3 is 24.7 Å². The molecule has 1 fully saturated rings. The molecule has 160 valence electrons. The number of rotatable bonds is 7. The lowest BCUT2D eigenvalue weighted by atomic mass is 10.1. The monoisotopic (exact) mass is 433 g/mol. The van der Waals surface area contributed by atoms with E-state index in [-0.39, 0.29) is 17.9 Å². The maximum absolute atomic E-state index is 12.1. The molecule has 0 spiro atoms. The van der Waals surface area contributed by atoms with Gasteiger partial charge >= 0.3 is 0 Å². The summed E-state index contributed by atoms with van der Waals surface area (Å²) in [4.78, 5) is 25.9. The fourth-order valence-corrected chi connectivity index (χ4v) is 3.85. The number of hydrogen-bond donors (Lipinski definition) is 2. The topological polar surface area (TPSA) is 110 Å². The van der Waals surface area contributed by atoms with E-state index in [1.54, 1.807) is 24.2 Å². The number of methoxy groups -OCH3 is 1. The van der Waals surface area contributed by atoms with Crippen molar-refractivity contribution in [1.82, 2.24) is 29.6 Å². The summed E-state index contributed by atoms with van der Waals surface area (Å²) in [5, 5.41) is 8.34. The van der Waals surface area contributed by atoms with Crippen LogP contribution in [-0.2, 0) is 16.6 Å². The summed E-state index contributed by atoms with van der Waals surface area (Å²) >= 11 is 6.33. The number of aromatic nitrogens is 5. The predicted molar refractivity (Wildman–Crippen MR) is 112 cm³/mol. The molecular formula is C19H24ClN7O3. The van der Waals surface area contributed by atoms with Gasteiger partial charge in [0.05, 0.1) is 35.0 Å². The number of likely N-dealkylation sites (tertiary alicyclic amines) is 1. The van der Waals surface area contributed by atoms with E-state index in [0.717, 1.165) is 5.69 Å². The molecule has 0 bridgehead atoms. The van der Waals surface area contributed by atoms with Crippen molar-refractivity contribution in [3.63, 3.8) is 0 Å². The van der Waals surface area contributed by atoms with Crippen LogP contribution in [0.15, 0.2) is 18.6 Å². The third kappa shape index (κ3) is 4.05. The molecule has 2 atom stereocenters. The van der Waals surface area contributed by atoms with Gasteiger partial charge in [0.15, 0.2) is 0 Å². The number of aryl methyl sites for hydroxylation is 1. The van der Waals surface area contributed by atoms with Gasteiger partial charge in [0.25, 0.3) is 0 Å². The molecule has 4 rings (SSSR count). The van der Waals surface area contributed by atoms with Crippen LogP contribution >= 0.6 is 11.6 Å². The molecule has 0 aromatic carbocycles. The summed E-state index contributed by atoms with van der Waals surface area (Å²) in [7, 11) is 3.48. The SMILES string of the molecule is CCC(=O)N1C[C@H](COc2nc(Nc3cnn(C)c3)nc3[nH]cc(Cl)c23)[C@@H](OC)C1. The van der Waals surface area contributed by atoms with Crippen molar-refractivity contribution in [1.29, 1.82) is 0 Å². The van der Waals surface area contributed by atoms with Crippen molar-refractivity contribution < 1.29 is 14.3 Å². The maximum Gasteiger partial charge on any atom is 0.232 e. The molecule has 11 heteroatoms. The van der Waals surface area contributed by atoms with Crippen molar-refractivity contribution in [3.8, 4) is 5.88 Å². The van der Waals surface area contributed by atoms with Crippen LogP contribution in [0, 0.1) is 5.92 Å². The molecular weight excluding hydrogens is 410 g/mol. The third-order valence-electron chi connectivity index (χ3n) is 5.18. The normalized spacial score (nSPS) is 18.9. The molecule has 2 N–H and O–H groups in total. The molecule has 1 aliphatic heterocycles. The summed E-state index contributed by atoms with van der Waals surface area (Å²) in [6.45, 7) is 3.35. The van der Waals surface area contributed by atoms with Gasteiger partial charge in [-0.3, -0.25) is 9.48 Å². The van der Waals surface area contributed by atoms with E-state index in [9.17, 15) is 4.79 Å². The molecule has 1 aliphatic rings. The zero-order valence-electron chi connectivity index (χ0n) is 17.1. The van der Waals surface area contributed by atoms with E-state index in [4.69, 9.17) is 21.1 Å². The average molecular weight is 434 g/mol. The fraction of sp³-hybridized carbons (Fsp3) is 0.474. The van der Waals surface area contributed by atoms with Crippen LogP contribution in [0.3, 0.4) is 0 Å². The van der Waals surface area contributed by atoms with Gasteiger partial charge in [-0.15, -0.1) is 0 Å². The summed E-state index contributed by atoms with van der Waals surface area (Å²) in [6.07, 6.45) is 5.52. The largest absolute Gasteiger partial charge is 0.477 e. The summed E-state index contributed by atoms with van der Waals surface area (Å²) < 4.78 is 13.3. The Bertz CT molecular complexity index is 1050. The number of anilines is 2. The van der Waals surface area contributed by atoms with E-state index in [0.29, 0.717) is 54.0 Å². The number of amides is 1. The first-order valence-corrected chi connectivity index (χ1v) is 10.1. The van der Waals surface area contributed by atoms with Crippen LogP contribution in [-0.4, -0.2) is 68.4 Å². The molecule has 4 heterocycles. The van der Waals surface area contributed by atoms with Crippen LogP contribution in [0.4, 0.5) is 11.6 Å². The number of ether oxygens (including phenoxy) is 2. The molecule has 3 aromatic rings. The van der Waals surface area contributed by atoms with Gasteiger partial charge in [0, 0.05) is 52.0 Å². The average Bonchev–Trinajstić information content (AvgIpc) is 3.44. The van der Waals surface area contributed by atoms with Crippen LogP contribution in [0.25, 0.3) is 11.0 Å². The van der Waals surface area contributed by atoms with E-state index in [1.165, 1.54) is 0 Å². The Morgan fingerprint density at radius 1 is 1.40 bits per heavy atom. The van der Waals surface area contributed by atoms with Gasteiger partial charge in [0.2, 0.25) is 17.7 Å². The van der Waals surface area contributed by atoms with Crippen molar-refractivity contribution in [2.24, 2.45) is 13.0 Å². The van der Waals surface area contributed by atoms with Crippen LogP contribution in [0.1, 0.15) is 13.3 Å². The molecule has 0 unspecified atom stereocenters. The third-order valence-corrected chi connectivity index (χ3v) is 5.48. The van der Waals surface area contributed by atoms with Gasteiger partial charge in [0.1, 0.15) is 5.65 Å². The van der Waals surface area contributed by atoms with E-state index >= 15 is 0 Å². The van der Waals surface area contributed by atoms with E-state index in [2.05, 4.69) is 25.4 Å². The number of halogens is 1. The zero-order valence-corrected chi connectivity index (χ0v) is 17.8. The van der Waals surface area contributed by atoms with Crippen LogP contribution < -0.4 is 10.1 Å². The molecule has 0 aliphatic carbocycles. The number of hydrogen-bond acceptors (Lipinski definition) is 7. The quantitative estimate of drug-likeness (QED) is 0.588. The Morgan fingerprint density at radius 3 is 2.93 bits per heavy atom. The van der Waals surface area contributed by atoms with Gasteiger partial charge in [-0.1, -0.05) is 18.5 Å². The van der Waals surface area contributed by atoms with Crippen molar-refractivity contribution in [3.05, 3.63) is 23.6 Å². The number of aromatic amines is 1. The van der Waals surface area contributed by atoms with E-state index < -0.39 is 0 Å². The highest BCUT2D eigenvalue weighted by atomic mass is 35.5. The second-order valence-corrected chi connectivity index (χ2v) is 7.64. The van der Waals surface area contributed by atoms with Crippen molar-refractivity contribution in [2.75, 3.05) is 32.1 Å². The fourth-order valence-electron chi connectivity index (χ4n) is 3.62. The molecule has 30 heavy (non-hydrogen) atoms. The van der Waals surface area contributed by atoms with Crippen molar-refractivity contribution in [2.45, 2.75) is 19.4 Å². The number of H-pyrrole nitrogens is 1. The molecule has 1 amide bonds. The smallest absolute Gasteiger partial charge is 0.232 e. The van der Waals surface area contributed by atoms with Crippen LogP contribution in [0.5, 0.6) is 5.88 Å². The standard InChI is InChI=1S/C19H24ClN7O3/c1-4-15(28)27-7-11(14(9-27)29-3)10-30-18-16-13(20)6-21-17(16)24-19(25-18)23-12-5-22-26(2)8-12/h5-6,8,11,14H,4,7,9-10H2,1-3H3,(H2,21,23,24,25)/t11-,14+/m1/s1. The highest BCUT2D eigenvalue weighted by Gasteiger charge is 2.35. The Labute approximate surface area is 178 Å². The van der Waals surface area contributed by atoms with Gasteiger partial charge in [-0.2, -0.15) is 15.1 Å². The first-order valence-electron chi connectivity index (χ1n) is 9.72. The Hall–Kier alpha value is -2.85. The minimum absolute atomic E-state index is 0.0305. The maximum atomic E-state index is 12.1. The highest BCUT2D eigenvalue weighted by Crippen LogP contribution is 2.32. The van der Waals surface area contributed by atoms with Gasteiger partial charge in [-0.25, -0.2) is 0 Å². The number of fused-ring (bicyclic) bond motifs is 1. The van der Waals surface area contributed by atoms with Gasteiger partial charge in [-0.05, 0) is 0 Å². The molecule has 10 nitrogen and oxygen atoms in total. The predicted octanol–water partition coefficient (Wildman–Crippen LogP) is 2.35. The molecule has 3 aromatic heterocycles. The first-order chi connectivity index (χ1) is 14.5. The first kappa shape index (κ1) is 20.4. The lowest BCUT2D eigenvalue weighted by Crippen LogP contribution is -2.29. The number of nitrogens with one attached hydrogen (secondary N) is 2. The Kier molecular flexibility index (Phi) is 5.78. The Balaban J connectivity index is 1.55. The second kappa shape index (κ2) is 8.49. The summed E-state index contributed by atoms with van der Waals surface area (Å²) in [5.41, 5.74) is 1.32. The Morgan fingerprint density at radius 2 is 2.23 bits per heavy atom. The van der Waals surface area contributed by atoms with Crippen molar-refractivity contribution >= 4 is 40.2 Å². The zero-order chi connectivity index (χ0) is 21.3. The highest BCUT2D eigenvalue weighted by molar-refractivity contribution is 6.35. The lowest BCUT2D eigenvalue weighted by Gasteiger charge is -2.17. The minimum Gasteiger partial charge on any atom is -0.477 e. The molecule has 0 radical (unpaired) electrons. The summed E-state index contributed by atoms with van der Waals surface area (Å²) in [6, 6.07) is 0. The second-order valence-electron chi connectivity index (χ2n) is 7.24. The minimum atomic E-state index is -0.0903. The van der Waals surface area contributed by atoms with Crippen LogP contribution in [0.2, 0.25) is 5.02 Å².